The molecule has 0 amide bonds. The number of aliphatic carboxylic acids is 1. The molecule has 2 aromatic rings. The SMILES string of the molecule is Cc1c(C)[n+]([O-])cn1[C@@H](Cc1ccccc1)C(=O)O. The highest BCUT2D eigenvalue weighted by molar-refractivity contribution is 5.72. The van der Waals surface area contributed by atoms with Gasteiger partial charge >= 0.3 is 5.97 Å². The van der Waals surface area contributed by atoms with Crippen molar-refractivity contribution < 1.29 is 14.6 Å². The molecule has 0 spiro atoms. The lowest BCUT2D eigenvalue weighted by Gasteiger charge is -2.10. The van der Waals surface area contributed by atoms with Gasteiger partial charge in [0, 0.05) is 20.3 Å². The molecular weight excluding hydrogens is 244 g/mol. The summed E-state index contributed by atoms with van der Waals surface area (Å²) in [6, 6.07) is 8.62. The van der Waals surface area contributed by atoms with E-state index in [9.17, 15) is 15.1 Å². The third kappa shape index (κ3) is 2.59. The Balaban J connectivity index is 2.36. The van der Waals surface area contributed by atoms with Crippen molar-refractivity contribution in [1.82, 2.24) is 4.57 Å². The van der Waals surface area contributed by atoms with Crippen LogP contribution >= 0.6 is 0 Å². The van der Waals surface area contributed by atoms with E-state index in [2.05, 4.69) is 0 Å². The van der Waals surface area contributed by atoms with Crippen LogP contribution in [0.1, 0.15) is 23.0 Å². The second kappa shape index (κ2) is 5.14. The average molecular weight is 260 g/mol. The maximum Gasteiger partial charge on any atom is 0.349 e. The van der Waals surface area contributed by atoms with E-state index in [0.717, 1.165) is 5.56 Å². The minimum Gasteiger partial charge on any atom is -0.711 e. The van der Waals surface area contributed by atoms with E-state index in [1.165, 1.54) is 10.9 Å². The minimum absolute atomic E-state index is 0.352. The Bertz CT molecular complexity index is 590. The first-order valence-electron chi connectivity index (χ1n) is 6.04. The predicted octanol–water partition coefficient (Wildman–Crippen LogP) is 1.61. The standard InChI is InChI=1S/C14H16N2O3/c1-10-11(2)16(19)9-15(10)13(14(17)18)8-12-6-4-3-5-7-12/h3-7,9,13H,8H2,1-2H3,(H,17,18)/t13-/m0/s1. The normalized spacial score (nSPS) is 12.3. The molecule has 0 bridgehead atoms. The van der Waals surface area contributed by atoms with Crippen LogP contribution in [0.15, 0.2) is 36.7 Å². The molecule has 0 aliphatic carbocycles. The monoisotopic (exact) mass is 260 g/mol. The quantitative estimate of drug-likeness (QED) is 0.670. The Morgan fingerprint density at radius 1 is 1.37 bits per heavy atom. The van der Waals surface area contributed by atoms with Gasteiger partial charge in [-0.15, -0.1) is 0 Å². The number of carboxylic acids is 1. The second-order valence-electron chi connectivity index (χ2n) is 4.56. The summed E-state index contributed by atoms with van der Waals surface area (Å²) in [5, 5.41) is 20.9. The third-order valence-corrected chi connectivity index (χ3v) is 3.36. The zero-order chi connectivity index (χ0) is 14.0. The zero-order valence-corrected chi connectivity index (χ0v) is 10.9. The van der Waals surface area contributed by atoms with Crippen molar-refractivity contribution in [2.24, 2.45) is 0 Å². The fourth-order valence-electron chi connectivity index (χ4n) is 2.09. The smallest absolute Gasteiger partial charge is 0.349 e. The lowest BCUT2D eigenvalue weighted by molar-refractivity contribution is -0.611. The van der Waals surface area contributed by atoms with Gasteiger partial charge in [0.1, 0.15) is 11.4 Å². The van der Waals surface area contributed by atoms with Crippen molar-refractivity contribution in [3.8, 4) is 0 Å². The van der Waals surface area contributed by atoms with Gasteiger partial charge in [0.05, 0.1) is 0 Å². The second-order valence-corrected chi connectivity index (χ2v) is 4.56. The number of hydrogen-bond donors (Lipinski definition) is 1. The topological polar surface area (TPSA) is 69.2 Å². The number of aromatic nitrogens is 2. The zero-order valence-electron chi connectivity index (χ0n) is 10.9. The van der Waals surface area contributed by atoms with Crippen molar-refractivity contribution in [2.75, 3.05) is 0 Å². The highest BCUT2D eigenvalue weighted by atomic mass is 16.5. The molecule has 1 aromatic carbocycles. The van der Waals surface area contributed by atoms with Gasteiger partial charge in [-0.25, -0.2) is 14.1 Å². The first kappa shape index (κ1) is 13.1. The summed E-state index contributed by atoms with van der Waals surface area (Å²) in [6.07, 6.45) is 1.65. The Morgan fingerprint density at radius 3 is 2.47 bits per heavy atom. The summed E-state index contributed by atoms with van der Waals surface area (Å²) in [5.74, 6) is -0.942. The molecule has 1 N–H and O–H groups in total. The lowest BCUT2D eigenvalue weighted by Crippen LogP contribution is -2.27. The number of benzene rings is 1. The van der Waals surface area contributed by atoms with Crippen molar-refractivity contribution in [1.29, 1.82) is 0 Å². The van der Waals surface area contributed by atoms with Crippen LogP contribution in [0.5, 0.6) is 0 Å². The van der Waals surface area contributed by atoms with E-state index < -0.39 is 12.0 Å². The van der Waals surface area contributed by atoms with Gasteiger partial charge in [-0.1, -0.05) is 30.3 Å². The molecular formula is C14H16N2O3. The largest absolute Gasteiger partial charge is 0.711 e. The third-order valence-electron chi connectivity index (χ3n) is 3.36. The molecule has 100 valence electrons. The molecule has 2 rings (SSSR count). The number of rotatable bonds is 4. The number of hydrogen-bond acceptors (Lipinski definition) is 2. The van der Waals surface area contributed by atoms with Crippen molar-refractivity contribution in [2.45, 2.75) is 26.3 Å². The summed E-state index contributed by atoms with van der Waals surface area (Å²) in [5.41, 5.74) is 2.13. The molecule has 0 unspecified atom stereocenters. The first-order valence-corrected chi connectivity index (χ1v) is 6.04. The van der Waals surface area contributed by atoms with Crippen LogP contribution in [0.4, 0.5) is 0 Å². The fraction of sp³-hybridized carbons (Fsp3) is 0.286. The van der Waals surface area contributed by atoms with Gasteiger partial charge in [-0.05, 0) is 5.56 Å². The number of nitrogens with zero attached hydrogens (tertiary/aromatic N) is 2. The van der Waals surface area contributed by atoms with Crippen LogP contribution in [0, 0.1) is 19.1 Å². The molecule has 1 heterocycles. The maximum atomic E-state index is 11.5. The van der Waals surface area contributed by atoms with Crippen LogP contribution in [0.25, 0.3) is 0 Å². The van der Waals surface area contributed by atoms with Crippen molar-refractivity contribution in [3.63, 3.8) is 0 Å². The summed E-state index contributed by atoms with van der Waals surface area (Å²) >= 11 is 0. The van der Waals surface area contributed by atoms with Crippen molar-refractivity contribution in [3.05, 3.63) is 58.8 Å². The molecule has 0 saturated carbocycles. The van der Waals surface area contributed by atoms with Crippen LogP contribution in [-0.2, 0) is 11.2 Å². The van der Waals surface area contributed by atoms with Crippen LogP contribution in [-0.4, -0.2) is 15.6 Å². The highest BCUT2D eigenvalue weighted by Crippen LogP contribution is 2.17. The Hall–Kier alpha value is -2.30. The van der Waals surface area contributed by atoms with Gasteiger partial charge in [0.2, 0.25) is 12.4 Å². The molecule has 5 heteroatoms. The van der Waals surface area contributed by atoms with E-state index in [0.29, 0.717) is 22.5 Å². The van der Waals surface area contributed by atoms with Gasteiger partial charge in [0.25, 0.3) is 0 Å². The molecule has 0 aliphatic rings. The molecule has 0 fully saturated rings. The Morgan fingerprint density at radius 2 is 2.00 bits per heavy atom. The van der Waals surface area contributed by atoms with Crippen LogP contribution in [0.2, 0.25) is 0 Å². The molecule has 5 nitrogen and oxygen atoms in total. The Labute approximate surface area is 111 Å². The van der Waals surface area contributed by atoms with E-state index >= 15 is 0 Å². The van der Waals surface area contributed by atoms with Gasteiger partial charge < -0.3 is 10.3 Å². The lowest BCUT2D eigenvalue weighted by atomic mass is 10.1. The molecule has 0 aliphatic heterocycles. The fourth-order valence-corrected chi connectivity index (χ4v) is 2.09. The number of imidazole rings is 1. The summed E-state index contributed by atoms with van der Waals surface area (Å²) < 4.78 is 2.23. The molecule has 0 saturated heterocycles. The highest BCUT2D eigenvalue weighted by Gasteiger charge is 2.28. The summed E-state index contributed by atoms with van der Waals surface area (Å²) in [6.45, 7) is 3.44. The molecule has 1 aromatic heterocycles. The van der Waals surface area contributed by atoms with Crippen LogP contribution < -0.4 is 4.73 Å². The molecule has 0 radical (unpaired) electrons. The molecule has 19 heavy (non-hydrogen) atoms. The summed E-state index contributed by atoms with van der Waals surface area (Å²) in [7, 11) is 0. The van der Waals surface area contributed by atoms with Crippen molar-refractivity contribution >= 4 is 5.97 Å². The maximum absolute atomic E-state index is 11.5. The average Bonchev–Trinajstić information content (AvgIpc) is 2.64. The van der Waals surface area contributed by atoms with E-state index in [1.54, 1.807) is 13.8 Å². The Kier molecular flexibility index (Phi) is 3.55. The van der Waals surface area contributed by atoms with Gasteiger partial charge in [-0.2, -0.15) is 0 Å². The van der Waals surface area contributed by atoms with Gasteiger partial charge in [-0.3, -0.25) is 0 Å². The molecule has 1 atom stereocenters. The predicted molar refractivity (Wildman–Crippen MR) is 69.7 cm³/mol. The summed E-state index contributed by atoms with van der Waals surface area (Å²) in [4.78, 5) is 11.4. The van der Waals surface area contributed by atoms with E-state index in [1.807, 2.05) is 30.3 Å². The minimum atomic E-state index is -0.942. The number of carboxylic acid groups (broad SMARTS) is 1. The van der Waals surface area contributed by atoms with E-state index in [4.69, 9.17) is 0 Å². The van der Waals surface area contributed by atoms with E-state index in [-0.39, 0.29) is 0 Å². The van der Waals surface area contributed by atoms with Gasteiger partial charge in [0.15, 0.2) is 0 Å². The van der Waals surface area contributed by atoms with Crippen LogP contribution in [0.3, 0.4) is 0 Å². The first-order chi connectivity index (χ1) is 9.00. The number of carbonyl (C=O) groups is 1.